The zero-order valence-electron chi connectivity index (χ0n) is 10.1. The molecule has 0 spiro atoms. The van der Waals surface area contributed by atoms with Gasteiger partial charge in [-0.3, -0.25) is 4.79 Å². The van der Waals surface area contributed by atoms with Crippen molar-refractivity contribution in [3.8, 4) is 0 Å². The molecule has 0 saturated heterocycles. The van der Waals surface area contributed by atoms with Crippen LogP contribution in [0, 0.1) is 5.92 Å². The van der Waals surface area contributed by atoms with E-state index in [0.29, 0.717) is 12.5 Å². The topological polar surface area (TPSA) is 52.7 Å². The van der Waals surface area contributed by atoms with Crippen molar-refractivity contribution in [2.24, 2.45) is 5.92 Å². The second-order valence-corrected chi connectivity index (χ2v) is 4.46. The first-order valence-corrected chi connectivity index (χ1v) is 5.68. The Kier molecular flexibility index (Phi) is 3.37. The highest BCUT2D eigenvalue weighted by molar-refractivity contribution is 4.96. The maximum Gasteiger partial charge on any atom is 0.181 e. The fraction of sp³-hybridized carbons (Fsp3) is 0.417. The van der Waals surface area contributed by atoms with Crippen molar-refractivity contribution in [3.63, 3.8) is 0 Å². The lowest BCUT2D eigenvalue weighted by Crippen LogP contribution is -2.14. The second kappa shape index (κ2) is 4.95. The number of nitrogens with zero attached hydrogens (tertiary/aromatic N) is 4. The van der Waals surface area contributed by atoms with Crippen LogP contribution in [-0.4, -0.2) is 19.3 Å². The van der Waals surface area contributed by atoms with Gasteiger partial charge in [0.05, 0.1) is 6.54 Å². The minimum atomic E-state index is 0.0184. The Bertz CT molecular complexity index is 521. The van der Waals surface area contributed by atoms with Gasteiger partial charge in [0.2, 0.25) is 0 Å². The second-order valence-electron chi connectivity index (χ2n) is 4.46. The predicted molar refractivity (Wildman–Crippen MR) is 64.7 cm³/mol. The minimum Gasteiger partial charge on any atom is -0.346 e. The van der Waals surface area contributed by atoms with Crippen LogP contribution in [0.5, 0.6) is 0 Å². The molecule has 0 aliphatic rings. The van der Waals surface area contributed by atoms with Gasteiger partial charge in [0.1, 0.15) is 12.2 Å². The zero-order chi connectivity index (χ0) is 12.3. The largest absolute Gasteiger partial charge is 0.346 e. The molecular weight excluding hydrogens is 216 g/mol. The number of hydrogen-bond acceptors (Lipinski definition) is 3. The number of pyridine rings is 1. The molecule has 2 heterocycles. The maximum atomic E-state index is 11.0. The van der Waals surface area contributed by atoms with Crippen molar-refractivity contribution in [1.82, 2.24) is 19.3 Å². The van der Waals surface area contributed by atoms with Crippen molar-refractivity contribution in [3.05, 3.63) is 46.9 Å². The third-order valence-corrected chi connectivity index (χ3v) is 2.42. The summed E-state index contributed by atoms with van der Waals surface area (Å²) in [6, 6.07) is 3.09. The standard InChI is InChI=1S/C12H16N4O/c1-10(2)7-16-12(13-9-14-16)8-15-5-3-11(17)4-6-15/h3-6,9-10H,7-8H2,1-2H3. The molecule has 17 heavy (non-hydrogen) atoms. The quantitative estimate of drug-likeness (QED) is 0.794. The summed E-state index contributed by atoms with van der Waals surface area (Å²) in [7, 11) is 0. The van der Waals surface area contributed by atoms with Crippen LogP contribution in [0.15, 0.2) is 35.6 Å². The molecule has 0 aliphatic heterocycles. The molecule has 0 bridgehead atoms. The Morgan fingerprint density at radius 3 is 2.65 bits per heavy atom. The van der Waals surface area contributed by atoms with Crippen molar-refractivity contribution in [2.75, 3.05) is 0 Å². The van der Waals surface area contributed by atoms with E-state index < -0.39 is 0 Å². The smallest absolute Gasteiger partial charge is 0.181 e. The zero-order valence-corrected chi connectivity index (χ0v) is 10.1. The number of rotatable bonds is 4. The molecule has 0 N–H and O–H groups in total. The van der Waals surface area contributed by atoms with Crippen LogP contribution in [0.3, 0.4) is 0 Å². The van der Waals surface area contributed by atoms with Gasteiger partial charge in [-0.05, 0) is 5.92 Å². The van der Waals surface area contributed by atoms with Gasteiger partial charge in [-0.2, -0.15) is 5.10 Å². The summed E-state index contributed by atoms with van der Waals surface area (Å²) in [6.07, 6.45) is 5.09. The van der Waals surface area contributed by atoms with Crippen molar-refractivity contribution < 1.29 is 0 Å². The molecular formula is C12H16N4O. The first-order valence-electron chi connectivity index (χ1n) is 5.68. The number of hydrogen-bond donors (Lipinski definition) is 0. The molecule has 0 radical (unpaired) electrons. The Hall–Kier alpha value is -1.91. The molecule has 5 heteroatoms. The first-order chi connectivity index (χ1) is 8.15. The predicted octanol–water partition coefficient (Wildman–Crippen LogP) is 1.14. The fourth-order valence-electron chi connectivity index (χ4n) is 1.62. The van der Waals surface area contributed by atoms with Gasteiger partial charge in [-0.25, -0.2) is 9.67 Å². The molecule has 0 atom stereocenters. The van der Waals surface area contributed by atoms with Crippen LogP contribution in [0.4, 0.5) is 0 Å². The molecule has 2 rings (SSSR count). The van der Waals surface area contributed by atoms with Crippen molar-refractivity contribution in [1.29, 1.82) is 0 Å². The molecule has 0 aliphatic carbocycles. The van der Waals surface area contributed by atoms with E-state index in [9.17, 15) is 4.79 Å². The lowest BCUT2D eigenvalue weighted by Gasteiger charge is -2.09. The molecule has 0 aromatic carbocycles. The van der Waals surface area contributed by atoms with Gasteiger partial charge in [0, 0.05) is 31.1 Å². The van der Waals surface area contributed by atoms with Crippen molar-refractivity contribution >= 4 is 0 Å². The molecule has 0 saturated carbocycles. The molecule has 0 unspecified atom stereocenters. The SMILES string of the molecule is CC(C)Cn1ncnc1Cn1ccc(=O)cc1. The molecule has 2 aromatic heterocycles. The van der Waals surface area contributed by atoms with E-state index in [2.05, 4.69) is 23.9 Å². The van der Waals surface area contributed by atoms with E-state index in [0.717, 1.165) is 12.4 Å². The third kappa shape index (κ3) is 3.03. The van der Waals surface area contributed by atoms with Crippen LogP contribution in [-0.2, 0) is 13.1 Å². The van der Waals surface area contributed by atoms with Crippen LogP contribution >= 0.6 is 0 Å². The van der Waals surface area contributed by atoms with Crippen LogP contribution in [0.1, 0.15) is 19.7 Å². The highest BCUT2D eigenvalue weighted by Gasteiger charge is 2.05. The Morgan fingerprint density at radius 2 is 2.00 bits per heavy atom. The van der Waals surface area contributed by atoms with E-state index in [-0.39, 0.29) is 5.43 Å². The average Bonchev–Trinajstić information content (AvgIpc) is 2.68. The lowest BCUT2D eigenvalue weighted by molar-refractivity contribution is 0.460. The van der Waals surface area contributed by atoms with Crippen LogP contribution in [0.25, 0.3) is 0 Å². The Labute approximate surface area is 99.7 Å². The summed E-state index contributed by atoms with van der Waals surface area (Å²) in [5.74, 6) is 1.44. The minimum absolute atomic E-state index is 0.0184. The lowest BCUT2D eigenvalue weighted by atomic mass is 10.2. The summed E-state index contributed by atoms with van der Waals surface area (Å²) in [4.78, 5) is 15.2. The van der Waals surface area contributed by atoms with Gasteiger partial charge < -0.3 is 4.57 Å². The highest BCUT2D eigenvalue weighted by atomic mass is 16.1. The third-order valence-electron chi connectivity index (χ3n) is 2.42. The summed E-state index contributed by atoms with van der Waals surface area (Å²) in [6.45, 7) is 5.78. The Balaban J connectivity index is 2.15. The number of aromatic nitrogens is 4. The van der Waals surface area contributed by atoms with E-state index in [1.807, 2.05) is 9.25 Å². The van der Waals surface area contributed by atoms with E-state index in [1.54, 1.807) is 30.9 Å². The van der Waals surface area contributed by atoms with Crippen molar-refractivity contribution in [2.45, 2.75) is 26.9 Å². The Morgan fingerprint density at radius 1 is 1.29 bits per heavy atom. The maximum absolute atomic E-state index is 11.0. The molecule has 5 nitrogen and oxygen atoms in total. The van der Waals surface area contributed by atoms with Gasteiger partial charge >= 0.3 is 0 Å². The van der Waals surface area contributed by atoms with Crippen LogP contribution < -0.4 is 5.43 Å². The fourth-order valence-corrected chi connectivity index (χ4v) is 1.62. The summed E-state index contributed by atoms with van der Waals surface area (Å²) in [5, 5.41) is 4.20. The van der Waals surface area contributed by atoms with Crippen LogP contribution in [0.2, 0.25) is 0 Å². The molecule has 0 amide bonds. The van der Waals surface area contributed by atoms with E-state index >= 15 is 0 Å². The molecule has 2 aromatic rings. The van der Waals surface area contributed by atoms with Gasteiger partial charge in [-0.1, -0.05) is 13.8 Å². The first kappa shape index (κ1) is 11.6. The van der Waals surface area contributed by atoms with E-state index in [4.69, 9.17) is 0 Å². The summed E-state index contributed by atoms with van der Waals surface area (Å²) >= 11 is 0. The van der Waals surface area contributed by atoms with Gasteiger partial charge in [-0.15, -0.1) is 0 Å². The molecule has 90 valence electrons. The van der Waals surface area contributed by atoms with E-state index in [1.165, 1.54) is 0 Å². The van der Waals surface area contributed by atoms with Gasteiger partial charge in [0.25, 0.3) is 0 Å². The summed E-state index contributed by atoms with van der Waals surface area (Å²) < 4.78 is 3.82. The monoisotopic (exact) mass is 232 g/mol. The molecule has 0 fully saturated rings. The normalized spacial score (nSPS) is 11.0. The highest BCUT2D eigenvalue weighted by Crippen LogP contribution is 2.02. The van der Waals surface area contributed by atoms with Gasteiger partial charge in [0.15, 0.2) is 5.43 Å². The summed E-state index contributed by atoms with van der Waals surface area (Å²) in [5.41, 5.74) is 0.0184. The average molecular weight is 232 g/mol.